The maximum Gasteiger partial charge on any atom is 0.405 e. The van der Waals surface area contributed by atoms with Crippen LogP contribution in [-0.2, 0) is 16.1 Å². The lowest BCUT2D eigenvalue weighted by Gasteiger charge is -2.31. The van der Waals surface area contributed by atoms with Crippen LogP contribution in [-0.4, -0.2) is 51.3 Å². The maximum absolute atomic E-state index is 13.4. The van der Waals surface area contributed by atoms with Crippen molar-refractivity contribution in [2.75, 3.05) is 24.4 Å². The van der Waals surface area contributed by atoms with E-state index >= 15 is 0 Å². The van der Waals surface area contributed by atoms with Crippen LogP contribution in [0.15, 0.2) is 59.3 Å². The molecule has 3 heterocycles. The second-order valence-electron chi connectivity index (χ2n) is 9.81. The van der Waals surface area contributed by atoms with Crippen LogP contribution in [0.2, 0.25) is 0 Å². The van der Waals surface area contributed by atoms with E-state index in [1.54, 1.807) is 25.4 Å². The molecule has 1 aromatic carbocycles. The number of benzene rings is 1. The summed E-state index contributed by atoms with van der Waals surface area (Å²) in [5, 5.41) is 20.6. The third kappa shape index (κ3) is 8.07. The van der Waals surface area contributed by atoms with Crippen LogP contribution in [0, 0.1) is 29.7 Å². The van der Waals surface area contributed by atoms with Crippen LogP contribution in [0.5, 0.6) is 0 Å². The van der Waals surface area contributed by atoms with Crippen molar-refractivity contribution in [3.63, 3.8) is 0 Å². The molecule has 3 N–H and O–H groups in total. The average Bonchev–Trinajstić information content (AvgIpc) is 3.43. The molecule has 1 fully saturated rings. The number of pyridine rings is 2. The number of anilines is 3. The van der Waals surface area contributed by atoms with Gasteiger partial charge in [-0.15, -0.1) is 4.39 Å². The van der Waals surface area contributed by atoms with E-state index in [2.05, 4.69) is 47.1 Å². The molecule has 1 saturated carbocycles. The first-order chi connectivity index (χ1) is 20.4. The summed E-state index contributed by atoms with van der Waals surface area (Å²) >= 11 is 0. The van der Waals surface area contributed by atoms with Crippen LogP contribution in [0.1, 0.15) is 37.2 Å². The normalized spacial score (nSPS) is 17.2. The summed E-state index contributed by atoms with van der Waals surface area (Å²) in [7, 11) is 1.72. The number of halogens is 2. The highest BCUT2D eigenvalue weighted by molar-refractivity contribution is 5.72. The van der Waals surface area contributed by atoms with Gasteiger partial charge in [0.05, 0.1) is 6.10 Å². The fourth-order valence-corrected chi connectivity index (χ4v) is 4.72. The van der Waals surface area contributed by atoms with Gasteiger partial charge in [0.2, 0.25) is 0 Å². The van der Waals surface area contributed by atoms with Crippen molar-refractivity contribution in [1.29, 1.82) is 0 Å². The van der Waals surface area contributed by atoms with Gasteiger partial charge in [0, 0.05) is 24.9 Å². The lowest BCUT2D eigenvalue weighted by atomic mass is 9.86. The Balaban J connectivity index is 1.33. The van der Waals surface area contributed by atoms with E-state index < -0.39 is 12.4 Å². The molecule has 1 aliphatic rings. The second-order valence-corrected chi connectivity index (χ2v) is 9.81. The largest absolute Gasteiger partial charge is 0.405 e. The van der Waals surface area contributed by atoms with E-state index in [0.29, 0.717) is 23.0 Å². The molecule has 42 heavy (non-hydrogen) atoms. The molecular weight excluding hydrogens is 546 g/mol. The minimum absolute atomic E-state index is 0.0241. The number of nitrogens with zero attached hydrogens (tertiary/aromatic N) is 4. The molecule has 0 amide bonds. The zero-order valence-corrected chi connectivity index (χ0v) is 22.9. The van der Waals surface area contributed by atoms with Crippen LogP contribution >= 0.6 is 0 Å². The summed E-state index contributed by atoms with van der Waals surface area (Å²) in [6.07, 6.45) is 3.72. The smallest absolute Gasteiger partial charge is 0.381 e. The molecule has 1 atom stereocenters. The van der Waals surface area contributed by atoms with E-state index in [1.165, 1.54) is 12.1 Å². The molecule has 1 aliphatic carbocycles. The molecule has 0 spiro atoms. The summed E-state index contributed by atoms with van der Waals surface area (Å²) in [4.78, 5) is 12.4. The quantitative estimate of drug-likeness (QED) is 0.134. The van der Waals surface area contributed by atoms with Crippen molar-refractivity contribution in [3.05, 3.63) is 78.2 Å². The number of methoxy groups -OCH3 is 1. The molecule has 0 radical (unpaired) electrons. The Morgan fingerprint density at radius 3 is 2.55 bits per heavy atom. The summed E-state index contributed by atoms with van der Waals surface area (Å²) in [6, 6.07) is 13.3. The van der Waals surface area contributed by atoms with Crippen LogP contribution < -0.4 is 10.6 Å². The molecule has 3 aromatic heterocycles. The topological polar surface area (TPSA) is 127 Å². The van der Waals surface area contributed by atoms with Crippen molar-refractivity contribution in [2.24, 2.45) is 5.92 Å². The van der Waals surface area contributed by atoms with Crippen molar-refractivity contribution in [1.82, 2.24) is 20.1 Å². The van der Waals surface area contributed by atoms with Gasteiger partial charge in [-0.1, -0.05) is 11.1 Å². The molecular formula is C30H30F2N6O4. The Bertz CT molecular complexity index is 1530. The standard InChI is InChI=1S/C30H30F2N6O4/c1-40-25-10-4-19(5-11-25)29(39)36-26-16-20(12-13-33-26)21-15-24(3-2-14-41-18-28-37-30(32)42-38-28)35-27(17-21)34-23-8-6-22(31)7-9-23/h6-9,12-13,15-17,19,25,29,39H,4-5,10-11,14,18H2,1H3,(H,33,36)(H,34,35)/t19-,25+,29?. The Morgan fingerprint density at radius 2 is 1.81 bits per heavy atom. The molecule has 0 bridgehead atoms. The molecule has 12 heteroatoms. The maximum atomic E-state index is 13.4. The van der Waals surface area contributed by atoms with Crippen molar-refractivity contribution < 1.29 is 27.9 Å². The minimum atomic E-state index is -1.03. The lowest BCUT2D eigenvalue weighted by Crippen LogP contribution is -2.33. The molecule has 1 unspecified atom stereocenters. The summed E-state index contributed by atoms with van der Waals surface area (Å²) in [5.41, 5.74) is 2.72. The Kier molecular flexibility index (Phi) is 9.66. The SMILES string of the molecule is CO[C@H]1CC[C@@H](C(O)Nc2cc(-c3cc(C#CCOCc4noc(F)n4)nc(Nc4ccc(F)cc4)c3)ccn2)CC1. The number of aliphatic hydroxyl groups is 1. The molecule has 4 aromatic rings. The van der Waals surface area contributed by atoms with Gasteiger partial charge in [0.15, 0.2) is 5.82 Å². The van der Waals surface area contributed by atoms with Gasteiger partial charge in [0.25, 0.3) is 0 Å². The lowest BCUT2D eigenvalue weighted by molar-refractivity contribution is 0.0274. The highest BCUT2D eigenvalue weighted by atomic mass is 19.1. The number of hydrogen-bond acceptors (Lipinski definition) is 10. The number of rotatable bonds is 10. The molecule has 218 valence electrons. The number of ether oxygens (including phenoxy) is 2. The van der Waals surface area contributed by atoms with Gasteiger partial charge in [-0.3, -0.25) is 0 Å². The summed E-state index contributed by atoms with van der Waals surface area (Å²) in [5.74, 6) is 6.73. The van der Waals surface area contributed by atoms with Crippen molar-refractivity contribution in [3.8, 4) is 23.0 Å². The van der Waals surface area contributed by atoms with Gasteiger partial charge >= 0.3 is 6.14 Å². The fourth-order valence-electron chi connectivity index (χ4n) is 4.72. The zero-order chi connectivity index (χ0) is 29.3. The fraction of sp³-hybridized carbons (Fsp3) is 0.333. The third-order valence-electron chi connectivity index (χ3n) is 6.89. The average molecular weight is 577 g/mol. The molecule has 5 rings (SSSR count). The van der Waals surface area contributed by atoms with E-state index in [1.807, 2.05) is 24.3 Å². The van der Waals surface area contributed by atoms with Gasteiger partial charge in [-0.2, -0.15) is 4.98 Å². The van der Waals surface area contributed by atoms with Crippen LogP contribution in [0.4, 0.5) is 26.1 Å². The molecule has 0 saturated heterocycles. The number of aliphatic hydroxyl groups excluding tert-OH is 1. The highest BCUT2D eigenvalue weighted by Gasteiger charge is 2.26. The van der Waals surface area contributed by atoms with E-state index in [-0.39, 0.29) is 36.9 Å². The van der Waals surface area contributed by atoms with Gasteiger partial charge in [-0.25, -0.2) is 14.4 Å². The molecule has 10 nitrogen and oxygen atoms in total. The summed E-state index contributed by atoms with van der Waals surface area (Å²) < 4.78 is 41.3. The predicted octanol–water partition coefficient (Wildman–Crippen LogP) is 5.05. The third-order valence-corrected chi connectivity index (χ3v) is 6.89. The zero-order valence-electron chi connectivity index (χ0n) is 22.9. The predicted molar refractivity (Wildman–Crippen MR) is 150 cm³/mol. The molecule has 0 aliphatic heterocycles. The second kappa shape index (κ2) is 14.0. The Morgan fingerprint density at radius 1 is 1.02 bits per heavy atom. The van der Waals surface area contributed by atoms with Crippen LogP contribution in [0.25, 0.3) is 11.1 Å². The first-order valence-electron chi connectivity index (χ1n) is 13.5. The van der Waals surface area contributed by atoms with E-state index in [9.17, 15) is 13.9 Å². The Hall–Kier alpha value is -4.44. The van der Waals surface area contributed by atoms with Crippen molar-refractivity contribution in [2.45, 2.75) is 44.6 Å². The number of nitrogens with one attached hydrogen (secondary N) is 2. The first kappa shape index (κ1) is 29.1. The minimum Gasteiger partial charge on any atom is -0.381 e. The Labute approximate surface area is 241 Å². The monoisotopic (exact) mass is 576 g/mol. The highest BCUT2D eigenvalue weighted by Crippen LogP contribution is 2.30. The number of hydrogen-bond donors (Lipinski definition) is 3. The van der Waals surface area contributed by atoms with Gasteiger partial charge in [0.1, 0.15) is 42.6 Å². The van der Waals surface area contributed by atoms with Gasteiger partial charge in [-0.05, 0) is 91.3 Å². The van der Waals surface area contributed by atoms with Crippen LogP contribution in [0.3, 0.4) is 0 Å². The summed E-state index contributed by atoms with van der Waals surface area (Å²) in [6.45, 7) is -0.0320. The van der Waals surface area contributed by atoms with E-state index in [4.69, 9.17) is 9.47 Å². The first-order valence-corrected chi connectivity index (χ1v) is 13.5. The number of aromatic nitrogens is 4. The van der Waals surface area contributed by atoms with Gasteiger partial charge < -0.3 is 29.7 Å². The van der Waals surface area contributed by atoms with Crippen molar-refractivity contribution >= 4 is 17.3 Å². The van der Waals surface area contributed by atoms with E-state index in [0.717, 1.165) is 36.8 Å².